The summed E-state index contributed by atoms with van der Waals surface area (Å²) in [5, 5.41) is 60.4. The Morgan fingerprint density at radius 3 is 2.26 bits per heavy atom. The van der Waals surface area contributed by atoms with Crippen LogP contribution in [-0.4, -0.2) is 74.6 Å². The summed E-state index contributed by atoms with van der Waals surface area (Å²) >= 11 is 0. The first-order valence-corrected chi connectivity index (χ1v) is 11.4. The van der Waals surface area contributed by atoms with Gasteiger partial charge in [0.1, 0.15) is 64.5 Å². The molecule has 1 aliphatic heterocycles. The SMILES string of the molecule is O=c1cc(-c2ccc(O)cc2)oc2cc(O)c([C@@H]3O[C@H](CO)[C@@H](O)[C@H](O)[C@@H]3OS(=O)(=O)O)c(O)c12. The molecule has 7 N–H and O–H groups in total. The maximum absolute atomic E-state index is 12.9. The van der Waals surface area contributed by atoms with E-state index in [1.807, 2.05) is 0 Å². The van der Waals surface area contributed by atoms with Crippen LogP contribution in [0.3, 0.4) is 0 Å². The number of fused-ring (bicyclic) bond motifs is 1. The van der Waals surface area contributed by atoms with Gasteiger partial charge in [0.05, 0.1) is 12.2 Å². The van der Waals surface area contributed by atoms with E-state index < -0.39 is 75.4 Å². The summed E-state index contributed by atoms with van der Waals surface area (Å²) < 4.78 is 47.2. The van der Waals surface area contributed by atoms with E-state index in [0.717, 1.165) is 12.1 Å². The van der Waals surface area contributed by atoms with Gasteiger partial charge in [0.25, 0.3) is 0 Å². The summed E-state index contributed by atoms with van der Waals surface area (Å²) in [4.78, 5) is 12.9. The lowest BCUT2D eigenvalue weighted by molar-refractivity contribution is -0.226. The van der Waals surface area contributed by atoms with Crippen molar-refractivity contribution in [3.63, 3.8) is 0 Å². The number of benzene rings is 2. The van der Waals surface area contributed by atoms with Gasteiger partial charge in [-0.15, -0.1) is 0 Å². The van der Waals surface area contributed by atoms with Crippen LogP contribution in [0.2, 0.25) is 0 Å². The molecule has 0 saturated carbocycles. The molecule has 2 heterocycles. The Labute approximate surface area is 196 Å². The smallest absolute Gasteiger partial charge is 0.397 e. The second-order valence-electron chi connectivity index (χ2n) is 7.80. The number of hydrogen-bond acceptors (Lipinski definition) is 12. The number of hydrogen-bond donors (Lipinski definition) is 7. The molecule has 14 heteroatoms. The van der Waals surface area contributed by atoms with Crippen LogP contribution in [0.15, 0.2) is 45.6 Å². The molecule has 0 bridgehead atoms. The van der Waals surface area contributed by atoms with Gasteiger partial charge in [0, 0.05) is 17.7 Å². The summed E-state index contributed by atoms with van der Waals surface area (Å²) in [5.41, 5.74) is -1.29. The zero-order valence-electron chi connectivity index (χ0n) is 17.5. The average Bonchev–Trinajstić information content (AvgIpc) is 2.77. The molecule has 188 valence electrons. The molecule has 0 amide bonds. The second-order valence-corrected chi connectivity index (χ2v) is 8.85. The lowest BCUT2D eigenvalue weighted by Crippen LogP contribution is -2.56. The fraction of sp³-hybridized carbons (Fsp3) is 0.286. The minimum atomic E-state index is -5.24. The molecule has 0 unspecified atom stereocenters. The number of aliphatic hydroxyl groups is 3. The Morgan fingerprint density at radius 1 is 1.00 bits per heavy atom. The monoisotopic (exact) mass is 512 g/mol. The highest BCUT2D eigenvalue weighted by molar-refractivity contribution is 7.80. The third-order valence-electron chi connectivity index (χ3n) is 5.55. The zero-order valence-corrected chi connectivity index (χ0v) is 18.4. The van der Waals surface area contributed by atoms with Crippen LogP contribution in [-0.2, 0) is 19.3 Å². The van der Waals surface area contributed by atoms with Crippen molar-refractivity contribution < 1.29 is 56.9 Å². The molecule has 13 nitrogen and oxygen atoms in total. The molecule has 0 radical (unpaired) electrons. The van der Waals surface area contributed by atoms with Gasteiger partial charge in [-0.05, 0) is 24.3 Å². The van der Waals surface area contributed by atoms with Crippen molar-refractivity contribution in [2.45, 2.75) is 30.5 Å². The van der Waals surface area contributed by atoms with Gasteiger partial charge in [0.2, 0.25) is 0 Å². The largest absolute Gasteiger partial charge is 0.508 e. The van der Waals surface area contributed by atoms with Gasteiger partial charge in [-0.25, -0.2) is 4.18 Å². The van der Waals surface area contributed by atoms with Crippen LogP contribution in [0.4, 0.5) is 0 Å². The van der Waals surface area contributed by atoms with Crippen molar-refractivity contribution in [1.29, 1.82) is 0 Å². The van der Waals surface area contributed by atoms with E-state index in [9.17, 15) is 43.9 Å². The topological polar surface area (TPSA) is 224 Å². The van der Waals surface area contributed by atoms with E-state index >= 15 is 0 Å². The van der Waals surface area contributed by atoms with E-state index in [-0.39, 0.29) is 17.1 Å². The summed E-state index contributed by atoms with van der Waals surface area (Å²) in [5.74, 6) is -1.69. The Bertz CT molecular complexity index is 1410. The van der Waals surface area contributed by atoms with Crippen LogP contribution < -0.4 is 5.43 Å². The quantitative estimate of drug-likeness (QED) is 0.222. The van der Waals surface area contributed by atoms with Crippen LogP contribution in [0.5, 0.6) is 17.2 Å². The maximum atomic E-state index is 12.9. The number of rotatable bonds is 5. The first-order valence-electron chi connectivity index (χ1n) is 10.0. The van der Waals surface area contributed by atoms with Crippen molar-refractivity contribution in [2.75, 3.05) is 6.61 Å². The highest BCUT2D eigenvalue weighted by Gasteiger charge is 2.49. The number of aromatic hydroxyl groups is 3. The van der Waals surface area contributed by atoms with Crippen molar-refractivity contribution in [2.24, 2.45) is 0 Å². The minimum absolute atomic E-state index is 0.0283. The molecule has 1 fully saturated rings. The summed E-state index contributed by atoms with van der Waals surface area (Å²) in [6.07, 6.45) is -9.44. The van der Waals surface area contributed by atoms with Gasteiger partial charge in [-0.2, -0.15) is 8.42 Å². The Balaban J connectivity index is 1.89. The first kappa shape index (κ1) is 24.9. The third kappa shape index (κ3) is 4.68. The fourth-order valence-corrected chi connectivity index (χ4v) is 4.42. The number of aliphatic hydroxyl groups excluding tert-OH is 3. The van der Waals surface area contributed by atoms with Crippen LogP contribution >= 0.6 is 0 Å². The Kier molecular flexibility index (Phi) is 6.46. The predicted molar refractivity (Wildman–Crippen MR) is 116 cm³/mol. The molecule has 4 rings (SSSR count). The van der Waals surface area contributed by atoms with Gasteiger partial charge >= 0.3 is 10.4 Å². The van der Waals surface area contributed by atoms with Crippen molar-refractivity contribution in [1.82, 2.24) is 0 Å². The molecule has 1 saturated heterocycles. The van der Waals surface area contributed by atoms with E-state index in [0.29, 0.717) is 5.56 Å². The molecule has 1 aliphatic rings. The second kappa shape index (κ2) is 9.09. The lowest BCUT2D eigenvalue weighted by Gasteiger charge is -2.41. The van der Waals surface area contributed by atoms with Crippen LogP contribution in [0.1, 0.15) is 11.7 Å². The number of ether oxygens (including phenoxy) is 1. The van der Waals surface area contributed by atoms with Gasteiger partial charge in [-0.3, -0.25) is 9.35 Å². The van der Waals surface area contributed by atoms with E-state index in [2.05, 4.69) is 4.18 Å². The molecule has 3 aromatic rings. The number of phenolic OH excluding ortho intramolecular Hbond substituents is 3. The zero-order chi connectivity index (χ0) is 25.7. The summed E-state index contributed by atoms with van der Waals surface area (Å²) in [6.45, 7) is -0.861. The fourth-order valence-electron chi connectivity index (χ4n) is 3.92. The Morgan fingerprint density at radius 2 is 1.66 bits per heavy atom. The number of phenols is 3. The highest BCUT2D eigenvalue weighted by Crippen LogP contribution is 2.45. The molecule has 2 aromatic carbocycles. The van der Waals surface area contributed by atoms with Gasteiger partial charge < -0.3 is 39.8 Å². The lowest BCUT2D eigenvalue weighted by atomic mass is 9.89. The van der Waals surface area contributed by atoms with E-state index in [1.54, 1.807) is 0 Å². The molecule has 0 spiro atoms. The molecule has 5 atom stereocenters. The predicted octanol–water partition coefficient (Wildman–Crippen LogP) is -0.0812. The van der Waals surface area contributed by atoms with E-state index in [4.69, 9.17) is 13.7 Å². The molecule has 0 aliphatic carbocycles. The van der Waals surface area contributed by atoms with Crippen LogP contribution in [0.25, 0.3) is 22.3 Å². The van der Waals surface area contributed by atoms with E-state index in [1.165, 1.54) is 24.3 Å². The van der Waals surface area contributed by atoms with Gasteiger partial charge in [-0.1, -0.05) is 0 Å². The Hall–Kier alpha value is -3.24. The summed E-state index contributed by atoms with van der Waals surface area (Å²) in [7, 11) is -5.24. The highest BCUT2D eigenvalue weighted by atomic mass is 32.3. The third-order valence-corrected chi connectivity index (χ3v) is 6.01. The summed E-state index contributed by atoms with van der Waals surface area (Å²) in [6, 6.07) is 7.58. The normalized spacial score (nSPS) is 25.1. The average molecular weight is 512 g/mol. The van der Waals surface area contributed by atoms with Crippen molar-refractivity contribution in [3.05, 3.63) is 52.2 Å². The first-order chi connectivity index (χ1) is 16.4. The van der Waals surface area contributed by atoms with Gasteiger partial charge in [0.15, 0.2) is 5.43 Å². The maximum Gasteiger partial charge on any atom is 0.397 e. The van der Waals surface area contributed by atoms with Crippen LogP contribution in [0, 0.1) is 0 Å². The standard InChI is InChI=1S/C21H20O13S/c22-7-14-17(26)19(28)21(34-35(29,30)31)20(33-14)16-11(25)6-13-15(18(16)27)10(24)5-12(32-13)8-1-3-9(23)4-2-8/h1-6,14,17,19-23,25-28H,7H2,(H,29,30,31)/t14-,17-,19+,20+,21+/m1/s1. The molecular weight excluding hydrogens is 492 g/mol. The molecular formula is C21H20O13S. The van der Waals surface area contributed by atoms with Crippen molar-refractivity contribution >= 4 is 21.4 Å². The van der Waals surface area contributed by atoms with Crippen molar-refractivity contribution in [3.8, 4) is 28.6 Å². The molecule has 35 heavy (non-hydrogen) atoms. The molecule has 1 aromatic heterocycles. The minimum Gasteiger partial charge on any atom is -0.508 e.